The van der Waals surface area contributed by atoms with E-state index in [-0.39, 0.29) is 17.9 Å². The summed E-state index contributed by atoms with van der Waals surface area (Å²) in [6.07, 6.45) is 0.212. The van der Waals surface area contributed by atoms with Crippen LogP contribution in [0.5, 0.6) is 5.75 Å². The molecule has 5 N–H and O–H groups in total. The maximum absolute atomic E-state index is 13.5. The van der Waals surface area contributed by atoms with Crippen molar-refractivity contribution in [1.82, 2.24) is 15.5 Å². The van der Waals surface area contributed by atoms with Gasteiger partial charge in [-0.2, -0.15) is 0 Å². The summed E-state index contributed by atoms with van der Waals surface area (Å²) in [6, 6.07) is 2.38. The van der Waals surface area contributed by atoms with Crippen molar-refractivity contribution in [1.29, 1.82) is 0 Å². The van der Waals surface area contributed by atoms with E-state index in [0.717, 1.165) is 12.8 Å². The lowest BCUT2D eigenvalue weighted by Crippen LogP contribution is -2.54. The van der Waals surface area contributed by atoms with Gasteiger partial charge in [0.2, 0.25) is 17.7 Å². The predicted molar refractivity (Wildman–Crippen MR) is 128 cm³/mol. The van der Waals surface area contributed by atoms with Gasteiger partial charge in [0, 0.05) is 18.7 Å². The van der Waals surface area contributed by atoms with Gasteiger partial charge in [-0.05, 0) is 46.6 Å². The quantitative estimate of drug-likeness (QED) is 0.358. The number of phenolic OH excluding ortho intramolecular Hbond substituents is 1. The number of benzene rings is 1. The molecule has 0 aliphatic rings. The van der Waals surface area contributed by atoms with Crippen LogP contribution in [0.25, 0.3) is 0 Å². The van der Waals surface area contributed by atoms with Crippen molar-refractivity contribution in [2.75, 3.05) is 13.1 Å². The van der Waals surface area contributed by atoms with Crippen molar-refractivity contribution in [3.8, 4) is 5.75 Å². The molecule has 2 atom stereocenters. The smallest absolute Gasteiger partial charge is 0.408 e. The van der Waals surface area contributed by atoms with Crippen molar-refractivity contribution in [3.63, 3.8) is 0 Å². The van der Waals surface area contributed by atoms with Gasteiger partial charge in [0.25, 0.3) is 0 Å². The first kappa shape index (κ1) is 28.7. The van der Waals surface area contributed by atoms with Gasteiger partial charge in [-0.1, -0.05) is 31.5 Å². The summed E-state index contributed by atoms with van der Waals surface area (Å²) in [5.41, 5.74) is 5.27. The molecule has 1 rings (SSSR count). The number of ether oxygens (including phenoxy) is 1. The average Bonchev–Trinajstić information content (AvgIpc) is 2.71. The molecule has 34 heavy (non-hydrogen) atoms. The molecule has 0 aliphatic heterocycles. The molecule has 0 aromatic heterocycles. The lowest BCUT2D eigenvalue weighted by molar-refractivity contribution is -0.143. The van der Waals surface area contributed by atoms with Crippen LogP contribution in [0.1, 0.15) is 71.0 Å². The van der Waals surface area contributed by atoms with E-state index in [1.165, 1.54) is 4.90 Å². The molecule has 10 heteroatoms. The van der Waals surface area contributed by atoms with E-state index in [2.05, 4.69) is 10.6 Å². The number of carbonyl (C=O) groups is 4. The number of aryl methyl sites for hydroxylation is 1. The summed E-state index contributed by atoms with van der Waals surface area (Å²) in [6.45, 7) is 10.8. The molecule has 0 aliphatic carbocycles. The Bertz CT molecular complexity index is 881. The van der Waals surface area contributed by atoms with Gasteiger partial charge < -0.3 is 31.1 Å². The number of primary amides is 1. The van der Waals surface area contributed by atoms with Crippen LogP contribution in [0.4, 0.5) is 4.79 Å². The minimum absolute atomic E-state index is 0.0589. The lowest BCUT2D eigenvalue weighted by Gasteiger charge is -2.34. The number of nitrogens with zero attached hydrogens (tertiary/aromatic N) is 1. The maximum Gasteiger partial charge on any atom is 0.408 e. The van der Waals surface area contributed by atoms with Gasteiger partial charge in [-0.25, -0.2) is 4.79 Å². The number of aromatic hydroxyl groups is 1. The van der Waals surface area contributed by atoms with Gasteiger partial charge in [-0.3, -0.25) is 14.4 Å². The number of likely N-dealkylation sites (N-methyl/N-ethyl adjacent to an activating group) is 1. The van der Waals surface area contributed by atoms with Crippen LogP contribution >= 0.6 is 0 Å². The fourth-order valence-electron chi connectivity index (χ4n) is 3.35. The Kier molecular flexibility index (Phi) is 10.8. The van der Waals surface area contributed by atoms with E-state index in [4.69, 9.17) is 10.5 Å². The summed E-state index contributed by atoms with van der Waals surface area (Å²) in [4.78, 5) is 52.0. The van der Waals surface area contributed by atoms with E-state index in [0.29, 0.717) is 12.1 Å². The molecule has 0 bridgehead atoms. The number of nitrogens with one attached hydrogen (secondary N) is 2. The average molecular weight is 479 g/mol. The second-order valence-corrected chi connectivity index (χ2v) is 9.05. The minimum atomic E-state index is -1.36. The van der Waals surface area contributed by atoms with Crippen LogP contribution in [0, 0.1) is 6.92 Å². The SMILES string of the molecule is CCCCNC(=O)C(c1cccc(C)c1O)N(CC)C(=O)C(CC(N)=O)NC(=O)OC(C)(C)C. The highest BCUT2D eigenvalue weighted by Crippen LogP contribution is 2.32. The topological polar surface area (TPSA) is 151 Å². The molecule has 0 spiro atoms. The Morgan fingerprint density at radius 1 is 1.18 bits per heavy atom. The van der Waals surface area contributed by atoms with E-state index >= 15 is 0 Å². The van der Waals surface area contributed by atoms with E-state index in [1.807, 2.05) is 6.92 Å². The number of amides is 4. The lowest BCUT2D eigenvalue weighted by atomic mass is 9.99. The third-order valence-electron chi connectivity index (χ3n) is 4.97. The number of rotatable bonds is 11. The van der Waals surface area contributed by atoms with E-state index < -0.39 is 47.9 Å². The van der Waals surface area contributed by atoms with Crippen LogP contribution in [0.3, 0.4) is 0 Å². The summed E-state index contributed by atoms with van der Waals surface area (Å²) >= 11 is 0. The van der Waals surface area contributed by atoms with Crippen molar-refractivity contribution in [2.45, 2.75) is 78.5 Å². The van der Waals surface area contributed by atoms with Crippen molar-refractivity contribution in [3.05, 3.63) is 29.3 Å². The molecular formula is C24H38N4O6. The molecule has 0 heterocycles. The summed E-state index contributed by atoms with van der Waals surface area (Å²) < 4.78 is 5.21. The minimum Gasteiger partial charge on any atom is -0.507 e. The van der Waals surface area contributed by atoms with Crippen LogP contribution in [-0.2, 0) is 19.1 Å². The number of alkyl carbamates (subject to hydrolysis) is 1. The van der Waals surface area contributed by atoms with Crippen molar-refractivity contribution < 1.29 is 29.0 Å². The van der Waals surface area contributed by atoms with E-state index in [1.54, 1.807) is 52.8 Å². The first-order valence-electron chi connectivity index (χ1n) is 11.5. The Hall–Kier alpha value is -3.30. The van der Waals surface area contributed by atoms with Gasteiger partial charge >= 0.3 is 6.09 Å². The molecule has 2 unspecified atom stereocenters. The second kappa shape index (κ2) is 12.8. The summed E-state index contributed by atoms with van der Waals surface area (Å²) in [7, 11) is 0. The highest BCUT2D eigenvalue weighted by atomic mass is 16.6. The number of hydrogen-bond acceptors (Lipinski definition) is 6. The standard InChI is InChI=1S/C24H38N4O6/c1-7-9-13-26-21(31)19(16-12-10-11-15(3)20(16)30)28(8-2)22(32)17(14-18(25)29)27-23(33)34-24(4,5)6/h10-12,17,19,30H,7-9,13-14H2,1-6H3,(H2,25,29)(H,26,31)(H,27,33). The third-order valence-corrected chi connectivity index (χ3v) is 4.97. The zero-order valence-corrected chi connectivity index (χ0v) is 20.9. The number of phenols is 1. The summed E-state index contributed by atoms with van der Waals surface area (Å²) in [5.74, 6) is -2.12. The Morgan fingerprint density at radius 2 is 1.82 bits per heavy atom. The first-order chi connectivity index (χ1) is 15.8. The number of para-hydroxylation sites is 1. The van der Waals surface area contributed by atoms with Gasteiger partial charge in [-0.15, -0.1) is 0 Å². The molecule has 4 amide bonds. The zero-order chi connectivity index (χ0) is 26.1. The maximum atomic E-state index is 13.5. The first-order valence-corrected chi connectivity index (χ1v) is 11.5. The molecule has 0 fully saturated rings. The number of unbranched alkanes of at least 4 members (excludes halogenated alkanes) is 1. The van der Waals surface area contributed by atoms with Crippen LogP contribution in [0.15, 0.2) is 18.2 Å². The van der Waals surface area contributed by atoms with Crippen LogP contribution < -0.4 is 16.4 Å². The fraction of sp³-hybridized carbons (Fsp3) is 0.583. The molecule has 0 saturated heterocycles. The van der Waals surface area contributed by atoms with Gasteiger partial charge in [0.15, 0.2) is 0 Å². The number of hydrogen-bond donors (Lipinski definition) is 4. The van der Waals surface area contributed by atoms with Crippen molar-refractivity contribution in [2.24, 2.45) is 5.73 Å². The van der Waals surface area contributed by atoms with Gasteiger partial charge in [0.1, 0.15) is 23.4 Å². The van der Waals surface area contributed by atoms with Gasteiger partial charge in [0.05, 0.1) is 6.42 Å². The van der Waals surface area contributed by atoms with Crippen LogP contribution in [-0.4, -0.2) is 58.6 Å². The Morgan fingerprint density at radius 3 is 2.35 bits per heavy atom. The molecule has 10 nitrogen and oxygen atoms in total. The summed E-state index contributed by atoms with van der Waals surface area (Å²) in [5, 5.41) is 15.9. The number of carbonyl (C=O) groups excluding carboxylic acids is 4. The Labute approximate surface area is 201 Å². The molecule has 190 valence electrons. The predicted octanol–water partition coefficient (Wildman–Crippen LogP) is 2.28. The second-order valence-electron chi connectivity index (χ2n) is 9.05. The molecule has 1 aromatic rings. The molecule has 0 saturated carbocycles. The van der Waals surface area contributed by atoms with E-state index in [9.17, 15) is 24.3 Å². The van der Waals surface area contributed by atoms with Crippen LogP contribution in [0.2, 0.25) is 0 Å². The zero-order valence-electron chi connectivity index (χ0n) is 20.9. The normalized spacial score (nSPS) is 12.9. The number of nitrogens with two attached hydrogens (primary N) is 1. The highest BCUT2D eigenvalue weighted by Gasteiger charge is 2.37. The monoisotopic (exact) mass is 478 g/mol. The largest absolute Gasteiger partial charge is 0.507 e. The molecular weight excluding hydrogens is 440 g/mol. The highest BCUT2D eigenvalue weighted by molar-refractivity contribution is 5.94. The third kappa shape index (κ3) is 8.57. The Balaban J connectivity index is 3.40. The fourth-order valence-corrected chi connectivity index (χ4v) is 3.35. The molecule has 0 radical (unpaired) electrons. The molecule has 1 aromatic carbocycles. The van der Waals surface area contributed by atoms with Crippen molar-refractivity contribution >= 4 is 23.8 Å².